The molecule has 0 radical (unpaired) electrons. The van der Waals surface area contributed by atoms with Crippen LogP contribution in [0.2, 0.25) is 0 Å². The van der Waals surface area contributed by atoms with E-state index in [1.807, 2.05) is 0 Å². The van der Waals surface area contributed by atoms with Crippen molar-refractivity contribution < 1.29 is 0 Å². The van der Waals surface area contributed by atoms with Crippen LogP contribution in [0.25, 0.3) is 106 Å². The fourth-order valence-corrected chi connectivity index (χ4v) is 23.8. The summed E-state index contributed by atoms with van der Waals surface area (Å²) in [6.45, 7) is 12.2. The smallest absolute Gasteiger partial charge is 0.0726 e. The molecule has 16 aromatic carbocycles. The lowest BCUT2D eigenvalue weighted by Gasteiger charge is -2.37. The number of rotatable bonds is 14. The topological polar surface area (TPSA) is 6.48 Å². The largest absolute Gasteiger partial charge is 0.314 e. The van der Waals surface area contributed by atoms with Gasteiger partial charge in [-0.15, -0.1) is 0 Å². The molecule has 0 amide bonds. The number of nitrogens with zero attached hydrogens (tertiary/aromatic N) is 2. The van der Waals surface area contributed by atoms with Crippen molar-refractivity contribution in [2.24, 2.45) is 0 Å². The Morgan fingerprint density at radius 2 is 0.744 bits per heavy atom. The third kappa shape index (κ3) is 11.2. The van der Waals surface area contributed by atoms with E-state index >= 15 is 0 Å². The normalized spacial score (nSPS) is 17.4. The van der Waals surface area contributed by atoms with Crippen molar-refractivity contribution in [1.82, 2.24) is 0 Å². The second kappa shape index (κ2) is 28.8. The van der Waals surface area contributed by atoms with E-state index in [-0.39, 0.29) is 22.2 Å². The lowest BCUT2D eigenvalue weighted by Crippen LogP contribution is -2.26. The van der Waals surface area contributed by atoms with Crippen molar-refractivity contribution in [2.75, 3.05) is 9.80 Å². The van der Waals surface area contributed by atoms with Gasteiger partial charge in [0.2, 0.25) is 0 Å². The van der Waals surface area contributed by atoms with Gasteiger partial charge in [0.1, 0.15) is 0 Å². The van der Waals surface area contributed by atoms with Crippen LogP contribution in [0.5, 0.6) is 0 Å². The standard InChI is InChI=1S/C123H94N2/c1-120(2)106-57-29-24-50-94(106)99-69-65-84(75-112(99)120)125(87-67-71-101-98-54-28-33-61-111(98)123(115(101)78-87)109-59-31-26-52-96(109)97-53-27-32-60-110(97)123)117-63-35-56-104(119(117)81-40-14-8-15-41-81)93-49-23-22-48-92(93)90-46-20-19-45-89(90)82-64-73-107-105(74-82)102-72-68-85(76-113(102)121(107,3)4)124(86-66-70-100-95-51-25-30-58-108(95)122(5,114(100)77-86)83-42-16-9-17-43-83)116-62-34-55-103(118(116)80-38-12-7-13-39-80)91-47-21-18-44-88(91)79-36-10-6-11-37-79/h6-12,14-38,40-46,48-65,67-69,71-78,91H,13,39,47,66,70H2,1-5H3. The van der Waals surface area contributed by atoms with E-state index in [9.17, 15) is 0 Å². The molecule has 8 aliphatic rings. The third-order valence-electron chi connectivity index (χ3n) is 29.6. The molecular weight excluding hydrogens is 1510 g/mol. The summed E-state index contributed by atoms with van der Waals surface area (Å²) in [5, 5.41) is 0. The second-order valence-corrected chi connectivity index (χ2v) is 36.6. The minimum atomic E-state index is -0.543. The number of allylic oxidation sites excluding steroid dienone is 12. The highest BCUT2D eigenvalue weighted by Crippen LogP contribution is 2.65. The zero-order valence-corrected chi connectivity index (χ0v) is 71.3. The molecule has 2 unspecified atom stereocenters. The number of fused-ring (bicyclic) bond motifs is 18. The molecule has 1 spiro atoms. The van der Waals surface area contributed by atoms with Crippen molar-refractivity contribution in [3.63, 3.8) is 0 Å². The number of hydrogen-bond donors (Lipinski definition) is 0. The maximum absolute atomic E-state index is 2.72. The Hall–Kier alpha value is -14.4. The number of hydrogen-bond acceptors (Lipinski definition) is 2. The Morgan fingerprint density at radius 1 is 0.288 bits per heavy atom. The van der Waals surface area contributed by atoms with Gasteiger partial charge in [-0.1, -0.05) is 380 Å². The Morgan fingerprint density at radius 3 is 1.36 bits per heavy atom. The van der Waals surface area contributed by atoms with Crippen LogP contribution in [0.3, 0.4) is 0 Å². The van der Waals surface area contributed by atoms with Gasteiger partial charge in [-0.3, -0.25) is 0 Å². The first kappa shape index (κ1) is 74.4. The summed E-state index contributed by atoms with van der Waals surface area (Å²) in [5.74, 6) is 0.154. The van der Waals surface area contributed by atoms with E-state index in [0.29, 0.717) is 0 Å². The van der Waals surface area contributed by atoms with E-state index in [2.05, 4.69) is 457 Å². The van der Waals surface area contributed by atoms with Gasteiger partial charge < -0.3 is 9.80 Å². The summed E-state index contributed by atoms with van der Waals surface area (Å²) in [5.41, 5.74) is 49.6. The molecule has 24 rings (SSSR count). The molecular formula is C123H94N2. The Balaban J connectivity index is 0.659. The fraction of sp³-hybridized carbons (Fsp3) is 0.122. The van der Waals surface area contributed by atoms with Crippen molar-refractivity contribution in [3.05, 3.63) is 502 Å². The second-order valence-electron chi connectivity index (χ2n) is 36.6. The van der Waals surface area contributed by atoms with Gasteiger partial charge in [0.25, 0.3) is 0 Å². The molecule has 0 heterocycles. The zero-order chi connectivity index (χ0) is 83.4. The van der Waals surface area contributed by atoms with Crippen LogP contribution < -0.4 is 9.80 Å². The van der Waals surface area contributed by atoms with Crippen LogP contribution in [0.4, 0.5) is 28.4 Å². The van der Waals surface area contributed by atoms with Gasteiger partial charge in [0, 0.05) is 56.0 Å². The molecule has 0 fully saturated rings. The predicted octanol–water partition coefficient (Wildman–Crippen LogP) is 32.2. The first-order valence-corrected chi connectivity index (χ1v) is 44.9. The molecule has 2 nitrogen and oxygen atoms in total. The lowest BCUT2D eigenvalue weighted by atomic mass is 9.70. The van der Waals surface area contributed by atoms with E-state index in [1.54, 1.807) is 0 Å². The van der Waals surface area contributed by atoms with Crippen LogP contribution in [0.15, 0.2) is 424 Å². The van der Waals surface area contributed by atoms with Crippen LogP contribution in [-0.2, 0) is 21.7 Å². The lowest BCUT2D eigenvalue weighted by molar-refractivity contribution is 0.660. The monoisotopic (exact) mass is 1600 g/mol. The molecule has 16 aromatic rings. The Bertz CT molecular complexity index is 7330. The highest BCUT2D eigenvalue weighted by atomic mass is 15.2. The number of benzene rings is 16. The molecule has 2 heteroatoms. The van der Waals surface area contributed by atoms with Gasteiger partial charge in [-0.2, -0.15) is 0 Å². The Labute approximate surface area is 734 Å². The molecule has 125 heavy (non-hydrogen) atoms. The van der Waals surface area contributed by atoms with E-state index in [1.165, 1.54) is 184 Å². The fourth-order valence-electron chi connectivity index (χ4n) is 23.8. The van der Waals surface area contributed by atoms with Gasteiger partial charge in [-0.25, -0.2) is 0 Å². The molecule has 0 saturated heterocycles. The molecule has 8 aliphatic carbocycles. The van der Waals surface area contributed by atoms with Crippen LogP contribution >= 0.6 is 0 Å². The van der Waals surface area contributed by atoms with Crippen LogP contribution in [-0.4, -0.2) is 0 Å². The average Bonchev–Trinajstić information content (AvgIpc) is 1.51. The zero-order valence-electron chi connectivity index (χ0n) is 71.3. The van der Waals surface area contributed by atoms with Crippen molar-refractivity contribution in [2.45, 2.75) is 94.3 Å². The summed E-state index contributed by atoms with van der Waals surface area (Å²) in [6, 6.07) is 142. The molecule has 0 aromatic heterocycles. The first-order valence-electron chi connectivity index (χ1n) is 44.9. The molecule has 0 saturated carbocycles. The summed E-state index contributed by atoms with van der Waals surface area (Å²) < 4.78 is 0. The van der Waals surface area contributed by atoms with E-state index in [0.717, 1.165) is 71.4 Å². The van der Waals surface area contributed by atoms with Crippen LogP contribution in [0, 0.1) is 0 Å². The van der Waals surface area contributed by atoms with Gasteiger partial charge in [0.15, 0.2) is 0 Å². The minimum absolute atomic E-state index is 0.154. The SMILES string of the molecule is CC1(C)c2ccc(-c3ccccc3-c3ccccc3-c3cccc(N(c4ccc5c(c4)C(C)(C)c4ccccc4-5)c4ccc5c(c4)C4(c6ccccc6-c6ccccc64)c4ccccc4-5)c3-c3ccccc3)cc2-c2ccc(N(C3=CC4=C(CC3)c3ccccc3C4(C)c3ccccc3)c3cccc(C4CC=CC=C4c4ccccc4)c3C3=CC=CCC3)cc21. The highest BCUT2D eigenvalue weighted by molar-refractivity contribution is 6.05. The van der Waals surface area contributed by atoms with Crippen molar-refractivity contribution >= 4 is 45.2 Å². The number of anilines is 5. The van der Waals surface area contributed by atoms with Gasteiger partial charge >= 0.3 is 0 Å². The Kier molecular flexibility index (Phi) is 17.2. The molecule has 596 valence electrons. The average molecular weight is 1600 g/mol. The summed E-state index contributed by atoms with van der Waals surface area (Å²) in [7, 11) is 0. The maximum atomic E-state index is 2.72. The molecule has 0 bridgehead atoms. The van der Waals surface area contributed by atoms with E-state index < -0.39 is 5.41 Å². The van der Waals surface area contributed by atoms with Gasteiger partial charge in [0.05, 0.1) is 16.8 Å². The first-order chi connectivity index (χ1) is 61.4. The highest BCUT2D eigenvalue weighted by Gasteiger charge is 2.53. The predicted molar refractivity (Wildman–Crippen MR) is 524 cm³/mol. The van der Waals surface area contributed by atoms with Crippen molar-refractivity contribution in [3.8, 4) is 89.0 Å². The summed E-state index contributed by atoms with van der Waals surface area (Å²) in [4.78, 5) is 5.32. The van der Waals surface area contributed by atoms with E-state index in [4.69, 9.17) is 0 Å². The molecule has 0 aliphatic heterocycles. The summed E-state index contributed by atoms with van der Waals surface area (Å²) >= 11 is 0. The minimum Gasteiger partial charge on any atom is -0.314 e. The molecule has 2 atom stereocenters. The van der Waals surface area contributed by atoms with Gasteiger partial charge in [-0.05, 0) is 278 Å². The summed E-state index contributed by atoms with van der Waals surface area (Å²) in [6.07, 6.45) is 21.4. The van der Waals surface area contributed by atoms with Crippen molar-refractivity contribution in [1.29, 1.82) is 0 Å². The quantitative estimate of drug-likeness (QED) is 0.107. The maximum Gasteiger partial charge on any atom is 0.0726 e. The molecule has 0 N–H and O–H groups in total. The van der Waals surface area contributed by atoms with Crippen LogP contribution in [0.1, 0.15) is 151 Å². The third-order valence-corrected chi connectivity index (χ3v) is 29.6.